The van der Waals surface area contributed by atoms with Gasteiger partial charge in [-0.1, -0.05) is 39.0 Å². The molecule has 6 nitrogen and oxygen atoms in total. The number of nitrogens with zero attached hydrogens (tertiary/aromatic N) is 2. The van der Waals surface area contributed by atoms with Gasteiger partial charge in [-0.3, -0.25) is 9.59 Å². The standard InChI is InChI=1S/C24H33N3O3/c1-16-8-6-7-11-18(16)25-23(29)24(2)15-26-19-12-13-30-21(19)14-20(26)22(28)27(24)17-9-4-3-5-10-17/h12-14,16-18H,3-11,15H2,1-2H3,(H,25,29)/t16-,18+,24-/m1/s1. The summed E-state index contributed by atoms with van der Waals surface area (Å²) in [6.45, 7) is 4.67. The zero-order chi connectivity index (χ0) is 20.9. The van der Waals surface area contributed by atoms with Gasteiger partial charge >= 0.3 is 0 Å². The molecular weight excluding hydrogens is 378 g/mol. The van der Waals surface area contributed by atoms with Crippen molar-refractivity contribution < 1.29 is 14.0 Å². The van der Waals surface area contributed by atoms with Crippen LogP contribution in [0.3, 0.4) is 0 Å². The van der Waals surface area contributed by atoms with Crippen LogP contribution in [0, 0.1) is 5.92 Å². The lowest BCUT2D eigenvalue weighted by molar-refractivity contribution is -0.136. The van der Waals surface area contributed by atoms with Gasteiger partial charge in [0.25, 0.3) is 5.91 Å². The second-order valence-corrected chi connectivity index (χ2v) is 9.87. The smallest absolute Gasteiger partial charge is 0.271 e. The molecule has 0 bridgehead atoms. The molecule has 30 heavy (non-hydrogen) atoms. The van der Waals surface area contributed by atoms with Gasteiger partial charge in [0, 0.05) is 24.2 Å². The maximum absolute atomic E-state index is 13.8. The Balaban J connectivity index is 1.53. The molecule has 3 heterocycles. The van der Waals surface area contributed by atoms with Crippen LogP contribution in [0.2, 0.25) is 0 Å². The van der Waals surface area contributed by atoms with Crippen LogP contribution < -0.4 is 5.32 Å². The topological polar surface area (TPSA) is 67.5 Å². The highest BCUT2D eigenvalue weighted by Crippen LogP contribution is 2.38. The third-order valence-corrected chi connectivity index (χ3v) is 7.82. The van der Waals surface area contributed by atoms with Crippen LogP contribution in [0.4, 0.5) is 0 Å². The first-order valence-corrected chi connectivity index (χ1v) is 11.7. The third kappa shape index (κ3) is 3.07. The van der Waals surface area contributed by atoms with E-state index in [1.807, 2.05) is 28.5 Å². The summed E-state index contributed by atoms with van der Waals surface area (Å²) in [5.74, 6) is 0.446. The van der Waals surface area contributed by atoms with Crippen molar-refractivity contribution in [3.63, 3.8) is 0 Å². The molecule has 162 valence electrons. The summed E-state index contributed by atoms with van der Waals surface area (Å²) >= 11 is 0. The molecule has 2 saturated carbocycles. The Morgan fingerprint density at radius 1 is 1.13 bits per heavy atom. The molecule has 6 heteroatoms. The van der Waals surface area contributed by atoms with E-state index in [-0.39, 0.29) is 23.9 Å². The number of hydrogen-bond acceptors (Lipinski definition) is 3. The first kappa shape index (κ1) is 19.7. The Labute approximate surface area is 178 Å². The average Bonchev–Trinajstić information content (AvgIpc) is 3.33. The van der Waals surface area contributed by atoms with E-state index in [1.165, 1.54) is 12.8 Å². The quantitative estimate of drug-likeness (QED) is 0.810. The van der Waals surface area contributed by atoms with Crippen LogP contribution in [0.25, 0.3) is 11.1 Å². The van der Waals surface area contributed by atoms with Crippen LogP contribution in [0.1, 0.15) is 82.1 Å². The Bertz CT molecular complexity index is 954. The van der Waals surface area contributed by atoms with Gasteiger partial charge in [-0.15, -0.1) is 0 Å². The highest BCUT2D eigenvalue weighted by atomic mass is 16.3. The minimum Gasteiger partial charge on any atom is -0.463 e. The Morgan fingerprint density at radius 2 is 1.87 bits per heavy atom. The maximum Gasteiger partial charge on any atom is 0.271 e. The SMILES string of the molecule is C[C@@H]1CCCC[C@@H]1NC(=O)[C@@]1(C)Cn2c(cc3occc32)C(=O)N1C1CCCCC1. The van der Waals surface area contributed by atoms with Gasteiger partial charge in [-0.2, -0.15) is 0 Å². The third-order valence-electron chi connectivity index (χ3n) is 7.82. The lowest BCUT2D eigenvalue weighted by atomic mass is 9.83. The van der Waals surface area contributed by atoms with E-state index in [0.29, 0.717) is 23.7 Å². The second kappa shape index (κ2) is 7.47. The van der Waals surface area contributed by atoms with Gasteiger partial charge in [0.15, 0.2) is 5.58 Å². The second-order valence-electron chi connectivity index (χ2n) is 9.87. The summed E-state index contributed by atoms with van der Waals surface area (Å²) < 4.78 is 7.56. The maximum atomic E-state index is 13.8. The van der Waals surface area contributed by atoms with Crippen molar-refractivity contribution in [3.05, 3.63) is 24.1 Å². The molecule has 0 radical (unpaired) electrons. The van der Waals surface area contributed by atoms with E-state index < -0.39 is 5.54 Å². The minimum atomic E-state index is -0.896. The predicted molar refractivity (Wildman–Crippen MR) is 115 cm³/mol. The fourth-order valence-corrected chi connectivity index (χ4v) is 6.00. The van der Waals surface area contributed by atoms with E-state index in [2.05, 4.69) is 12.2 Å². The van der Waals surface area contributed by atoms with E-state index in [4.69, 9.17) is 4.42 Å². The van der Waals surface area contributed by atoms with Crippen molar-refractivity contribution in [2.24, 2.45) is 5.92 Å². The van der Waals surface area contributed by atoms with Crippen LogP contribution >= 0.6 is 0 Å². The molecule has 0 unspecified atom stereocenters. The molecule has 0 aromatic carbocycles. The minimum absolute atomic E-state index is 0.00355. The zero-order valence-electron chi connectivity index (χ0n) is 18.2. The van der Waals surface area contributed by atoms with Crippen molar-refractivity contribution >= 4 is 22.9 Å². The number of fused-ring (bicyclic) bond motifs is 3. The van der Waals surface area contributed by atoms with Gasteiger partial charge in [-0.05, 0) is 38.5 Å². The molecule has 2 aromatic heterocycles. The summed E-state index contributed by atoms with van der Waals surface area (Å²) in [6, 6.07) is 4.06. The van der Waals surface area contributed by atoms with Crippen molar-refractivity contribution in [3.8, 4) is 0 Å². The summed E-state index contributed by atoms with van der Waals surface area (Å²) in [4.78, 5) is 29.5. The summed E-state index contributed by atoms with van der Waals surface area (Å²) in [6.07, 6.45) is 11.6. The molecule has 3 aliphatic rings. The molecule has 2 amide bonds. The van der Waals surface area contributed by atoms with Crippen LogP contribution in [0.15, 0.2) is 22.8 Å². The first-order chi connectivity index (χ1) is 14.5. The summed E-state index contributed by atoms with van der Waals surface area (Å²) in [7, 11) is 0. The van der Waals surface area contributed by atoms with Gasteiger partial charge in [0.1, 0.15) is 11.2 Å². The van der Waals surface area contributed by atoms with E-state index >= 15 is 0 Å². The predicted octanol–water partition coefficient (Wildman–Crippen LogP) is 4.48. The summed E-state index contributed by atoms with van der Waals surface area (Å²) in [5, 5.41) is 3.36. The number of hydrogen-bond donors (Lipinski definition) is 1. The molecule has 1 aliphatic heterocycles. The van der Waals surface area contributed by atoms with Crippen LogP contribution in [0.5, 0.6) is 0 Å². The number of amides is 2. The Hall–Kier alpha value is -2.24. The lowest BCUT2D eigenvalue weighted by Crippen LogP contribution is -2.67. The molecule has 0 saturated heterocycles. The zero-order valence-corrected chi connectivity index (χ0v) is 18.2. The van der Waals surface area contributed by atoms with Crippen molar-refractivity contribution in [2.75, 3.05) is 0 Å². The number of rotatable bonds is 3. The average molecular weight is 412 g/mol. The van der Waals surface area contributed by atoms with Crippen LogP contribution in [-0.2, 0) is 11.3 Å². The van der Waals surface area contributed by atoms with Crippen molar-refractivity contribution in [2.45, 2.75) is 95.8 Å². The Morgan fingerprint density at radius 3 is 2.63 bits per heavy atom. The van der Waals surface area contributed by atoms with Gasteiger partial charge in [0.05, 0.1) is 18.3 Å². The molecular formula is C24H33N3O3. The largest absolute Gasteiger partial charge is 0.463 e. The lowest BCUT2D eigenvalue weighted by Gasteiger charge is -2.49. The van der Waals surface area contributed by atoms with Gasteiger partial charge in [0.2, 0.25) is 5.91 Å². The highest BCUT2D eigenvalue weighted by Gasteiger charge is 2.51. The fraction of sp³-hybridized carbons (Fsp3) is 0.667. The fourth-order valence-electron chi connectivity index (χ4n) is 6.00. The molecule has 3 atom stereocenters. The Kier molecular flexibility index (Phi) is 4.91. The molecule has 5 rings (SSSR count). The molecule has 1 N–H and O–H groups in total. The number of furan rings is 1. The van der Waals surface area contributed by atoms with E-state index in [0.717, 1.165) is 50.5 Å². The van der Waals surface area contributed by atoms with Crippen molar-refractivity contribution in [1.82, 2.24) is 14.8 Å². The highest BCUT2D eigenvalue weighted by molar-refractivity contribution is 6.03. The monoisotopic (exact) mass is 411 g/mol. The van der Waals surface area contributed by atoms with Gasteiger partial charge < -0.3 is 19.2 Å². The van der Waals surface area contributed by atoms with Gasteiger partial charge in [-0.25, -0.2) is 0 Å². The molecule has 2 fully saturated rings. The number of aromatic nitrogens is 1. The van der Waals surface area contributed by atoms with E-state index in [9.17, 15) is 9.59 Å². The normalized spacial score (nSPS) is 30.5. The number of carbonyl (C=O) groups excluding carboxylic acids is 2. The summed E-state index contributed by atoms with van der Waals surface area (Å²) in [5.41, 5.74) is 1.36. The molecule has 0 spiro atoms. The number of carbonyl (C=O) groups is 2. The first-order valence-electron chi connectivity index (χ1n) is 11.7. The van der Waals surface area contributed by atoms with Crippen molar-refractivity contribution in [1.29, 1.82) is 0 Å². The molecule has 2 aromatic rings. The molecule has 2 aliphatic carbocycles. The van der Waals surface area contributed by atoms with Crippen LogP contribution in [-0.4, -0.2) is 38.9 Å². The van der Waals surface area contributed by atoms with E-state index in [1.54, 1.807) is 6.26 Å². The number of nitrogens with one attached hydrogen (secondary N) is 1.